The van der Waals surface area contributed by atoms with Crippen LogP contribution in [0.4, 0.5) is 0 Å². The number of hydrogen-bond donors (Lipinski definition) is 0. The predicted octanol–water partition coefficient (Wildman–Crippen LogP) is 3.01. The van der Waals surface area contributed by atoms with E-state index in [0.29, 0.717) is 5.92 Å². The maximum Gasteiger partial charge on any atom is 0.237 e. The van der Waals surface area contributed by atoms with E-state index in [4.69, 9.17) is 11.6 Å². The summed E-state index contributed by atoms with van der Waals surface area (Å²) in [5, 5.41) is 0. The molecule has 0 atom stereocenters. The molecule has 18 heavy (non-hydrogen) atoms. The zero-order valence-corrected chi connectivity index (χ0v) is 11.6. The van der Waals surface area contributed by atoms with Gasteiger partial charge in [0.1, 0.15) is 5.88 Å². The van der Waals surface area contributed by atoms with Gasteiger partial charge in [0, 0.05) is 13.1 Å². The van der Waals surface area contributed by atoms with Gasteiger partial charge in [0.25, 0.3) is 0 Å². The highest BCUT2D eigenvalue weighted by Gasteiger charge is 2.22. The number of likely N-dealkylation sites (tertiary alicyclic amines) is 1. The van der Waals surface area contributed by atoms with Crippen LogP contribution >= 0.6 is 11.6 Å². The van der Waals surface area contributed by atoms with Gasteiger partial charge < -0.3 is 4.90 Å². The van der Waals surface area contributed by atoms with Gasteiger partial charge in [-0.25, -0.2) is 0 Å². The van der Waals surface area contributed by atoms with E-state index in [2.05, 4.69) is 31.2 Å². The summed E-state index contributed by atoms with van der Waals surface area (Å²) in [6, 6.07) is 8.76. The molecule has 1 fully saturated rings. The molecule has 1 amide bonds. The highest BCUT2D eigenvalue weighted by atomic mass is 35.5. The van der Waals surface area contributed by atoms with Crippen molar-refractivity contribution in [2.24, 2.45) is 5.92 Å². The Labute approximate surface area is 114 Å². The molecule has 1 aromatic carbocycles. The molecule has 0 saturated carbocycles. The summed E-state index contributed by atoms with van der Waals surface area (Å²) in [6.07, 6.45) is 3.32. The average Bonchev–Trinajstić information content (AvgIpc) is 2.41. The SMILES string of the molecule is Cc1ccc(CC2CCN(C(=O)CCl)CC2)cc1. The summed E-state index contributed by atoms with van der Waals surface area (Å²) in [5.74, 6) is 0.889. The van der Waals surface area contributed by atoms with Crippen molar-refractivity contribution in [3.8, 4) is 0 Å². The maximum atomic E-state index is 11.5. The minimum Gasteiger partial charge on any atom is -0.342 e. The fraction of sp³-hybridized carbons (Fsp3) is 0.533. The summed E-state index contributed by atoms with van der Waals surface area (Å²) >= 11 is 5.58. The van der Waals surface area contributed by atoms with Crippen molar-refractivity contribution < 1.29 is 4.79 Å². The lowest BCUT2D eigenvalue weighted by Crippen LogP contribution is -2.39. The van der Waals surface area contributed by atoms with Gasteiger partial charge in [-0.1, -0.05) is 29.8 Å². The van der Waals surface area contributed by atoms with Gasteiger partial charge in [0.15, 0.2) is 0 Å². The van der Waals surface area contributed by atoms with Gasteiger partial charge in [-0.3, -0.25) is 4.79 Å². The van der Waals surface area contributed by atoms with Crippen molar-refractivity contribution >= 4 is 17.5 Å². The van der Waals surface area contributed by atoms with Crippen LogP contribution in [0.3, 0.4) is 0 Å². The third-order valence-electron chi connectivity index (χ3n) is 3.73. The zero-order valence-electron chi connectivity index (χ0n) is 10.9. The van der Waals surface area contributed by atoms with Gasteiger partial charge in [-0.05, 0) is 37.7 Å². The van der Waals surface area contributed by atoms with Crippen LogP contribution in [0.25, 0.3) is 0 Å². The van der Waals surface area contributed by atoms with Crippen molar-refractivity contribution in [3.05, 3.63) is 35.4 Å². The Morgan fingerprint density at radius 3 is 2.44 bits per heavy atom. The normalized spacial score (nSPS) is 16.9. The molecule has 2 rings (SSSR count). The van der Waals surface area contributed by atoms with E-state index in [-0.39, 0.29) is 11.8 Å². The van der Waals surface area contributed by atoms with Crippen molar-refractivity contribution in [2.45, 2.75) is 26.2 Å². The van der Waals surface area contributed by atoms with Crippen LogP contribution in [0.2, 0.25) is 0 Å². The lowest BCUT2D eigenvalue weighted by Gasteiger charge is -2.31. The second kappa shape index (κ2) is 6.24. The third kappa shape index (κ3) is 3.49. The Hall–Kier alpha value is -1.02. The molecular weight excluding hydrogens is 246 g/mol. The molecular formula is C15H20ClNO. The molecule has 3 heteroatoms. The summed E-state index contributed by atoms with van der Waals surface area (Å²) in [6.45, 7) is 3.84. The van der Waals surface area contributed by atoms with Gasteiger partial charge in [0.05, 0.1) is 0 Å². The number of carbonyl (C=O) groups is 1. The Morgan fingerprint density at radius 2 is 1.89 bits per heavy atom. The molecule has 2 nitrogen and oxygen atoms in total. The Morgan fingerprint density at radius 1 is 1.28 bits per heavy atom. The van der Waals surface area contributed by atoms with E-state index in [1.54, 1.807) is 0 Å². The second-order valence-electron chi connectivity index (χ2n) is 5.15. The minimum atomic E-state index is 0.0745. The fourth-order valence-electron chi connectivity index (χ4n) is 2.53. The van der Waals surface area contributed by atoms with Crippen molar-refractivity contribution in [1.29, 1.82) is 0 Å². The van der Waals surface area contributed by atoms with E-state index in [0.717, 1.165) is 32.4 Å². The van der Waals surface area contributed by atoms with Crippen molar-refractivity contribution in [1.82, 2.24) is 4.90 Å². The first-order valence-corrected chi connectivity index (χ1v) is 7.12. The van der Waals surface area contributed by atoms with Crippen LogP contribution in [0.5, 0.6) is 0 Å². The lowest BCUT2D eigenvalue weighted by atomic mass is 9.90. The Balaban J connectivity index is 1.83. The molecule has 1 aliphatic rings. The molecule has 0 spiro atoms. The third-order valence-corrected chi connectivity index (χ3v) is 3.96. The molecule has 1 aliphatic heterocycles. The Kier molecular flexibility index (Phi) is 4.65. The summed E-state index contributed by atoms with van der Waals surface area (Å²) in [4.78, 5) is 13.4. The number of piperidine rings is 1. The van der Waals surface area contributed by atoms with Gasteiger partial charge in [-0.2, -0.15) is 0 Å². The number of alkyl halides is 1. The van der Waals surface area contributed by atoms with Crippen LogP contribution in [-0.2, 0) is 11.2 Å². The summed E-state index contributed by atoms with van der Waals surface area (Å²) < 4.78 is 0. The van der Waals surface area contributed by atoms with Crippen LogP contribution in [-0.4, -0.2) is 29.8 Å². The molecule has 98 valence electrons. The quantitative estimate of drug-likeness (QED) is 0.770. The summed E-state index contributed by atoms with van der Waals surface area (Å²) in [7, 11) is 0. The molecule has 0 radical (unpaired) electrons. The van der Waals surface area contributed by atoms with Gasteiger partial charge in [0.2, 0.25) is 5.91 Å². The number of rotatable bonds is 3. The van der Waals surface area contributed by atoms with Gasteiger partial charge in [-0.15, -0.1) is 11.6 Å². The monoisotopic (exact) mass is 265 g/mol. The molecule has 0 bridgehead atoms. The maximum absolute atomic E-state index is 11.5. The lowest BCUT2D eigenvalue weighted by molar-refractivity contribution is -0.129. The standard InChI is InChI=1S/C15H20ClNO/c1-12-2-4-13(5-3-12)10-14-6-8-17(9-7-14)15(18)11-16/h2-5,14H,6-11H2,1H3. The van der Waals surface area contributed by atoms with E-state index >= 15 is 0 Å². The zero-order chi connectivity index (χ0) is 13.0. The number of aryl methyl sites for hydroxylation is 1. The fourth-order valence-corrected chi connectivity index (χ4v) is 2.70. The number of hydrogen-bond acceptors (Lipinski definition) is 1. The molecule has 1 aromatic rings. The van der Waals surface area contributed by atoms with Crippen LogP contribution < -0.4 is 0 Å². The first kappa shape index (κ1) is 13.4. The minimum absolute atomic E-state index is 0.0745. The van der Waals surface area contributed by atoms with E-state index in [9.17, 15) is 4.79 Å². The average molecular weight is 266 g/mol. The van der Waals surface area contributed by atoms with Crippen LogP contribution in [0.1, 0.15) is 24.0 Å². The first-order valence-electron chi connectivity index (χ1n) is 6.58. The highest BCUT2D eigenvalue weighted by molar-refractivity contribution is 6.27. The smallest absolute Gasteiger partial charge is 0.237 e. The molecule has 1 saturated heterocycles. The van der Waals surface area contributed by atoms with Crippen LogP contribution in [0.15, 0.2) is 24.3 Å². The van der Waals surface area contributed by atoms with E-state index < -0.39 is 0 Å². The number of carbonyl (C=O) groups excluding carboxylic acids is 1. The second-order valence-corrected chi connectivity index (χ2v) is 5.41. The molecule has 0 aromatic heterocycles. The summed E-state index contributed by atoms with van der Waals surface area (Å²) in [5.41, 5.74) is 2.71. The highest BCUT2D eigenvalue weighted by Crippen LogP contribution is 2.22. The number of nitrogens with zero attached hydrogens (tertiary/aromatic N) is 1. The molecule has 0 N–H and O–H groups in total. The largest absolute Gasteiger partial charge is 0.342 e. The predicted molar refractivity (Wildman–Crippen MR) is 74.9 cm³/mol. The topological polar surface area (TPSA) is 20.3 Å². The number of benzene rings is 1. The first-order chi connectivity index (χ1) is 8.69. The Bertz CT molecular complexity index is 393. The van der Waals surface area contributed by atoms with E-state index in [1.807, 2.05) is 4.90 Å². The molecule has 0 unspecified atom stereocenters. The number of amides is 1. The van der Waals surface area contributed by atoms with Crippen molar-refractivity contribution in [2.75, 3.05) is 19.0 Å². The number of halogens is 1. The van der Waals surface area contributed by atoms with Gasteiger partial charge >= 0.3 is 0 Å². The molecule has 1 heterocycles. The van der Waals surface area contributed by atoms with Crippen LogP contribution in [0, 0.1) is 12.8 Å². The molecule has 0 aliphatic carbocycles. The van der Waals surface area contributed by atoms with Crippen molar-refractivity contribution in [3.63, 3.8) is 0 Å². The van der Waals surface area contributed by atoms with E-state index in [1.165, 1.54) is 11.1 Å².